The molecule has 0 spiro atoms. The molecule has 1 rings (SSSR count). The molecule has 0 unspecified atom stereocenters. The molecule has 0 radical (unpaired) electrons. The minimum Gasteiger partial charge on any atom is -0.458 e. The highest BCUT2D eigenvalue weighted by molar-refractivity contribution is 5.90. The summed E-state index contributed by atoms with van der Waals surface area (Å²) >= 11 is 0. The highest BCUT2D eigenvalue weighted by Gasteiger charge is 2.37. The van der Waals surface area contributed by atoms with Crippen molar-refractivity contribution >= 4 is 5.97 Å². The number of carbonyl (C=O) groups excluding carboxylic acids is 1. The number of esters is 1. The zero-order valence-electron chi connectivity index (χ0n) is 9.08. The lowest BCUT2D eigenvalue weighted by Crippen LogP contribution is -2.16. The zero-order valence-corrected chi connectivity index (χ0v) is 9.08. The average Bonchev–Trinajstić information content (AvgIpc) is 2.50. The van der Waals surface area contributed by atoms with Gasteiger partial charge in [-0.1, -0.05) is 18.7 Å². The van der Waals surface area contributed by atoms with Crippen LogP contribution in [0, 0.1) is 5.92 Å². The van der Waals surface area contributed by atoms with Crippen LogP contribution in [0.3, 0.4) is 0 Å². The van der Waals surface area contributed by atoms with Crippen LogP contribution in [0.5, 0.6) is 0 Å². The van der Waals surface area contributed by atoms with Crippen molar-refractivity contribution in [2.24, 2.45) is 5.92 Å². The van der Waals surface area contributed by atoms with Crippen LogP contribution in [0.25, 0.3) is 0 Å². The third kappa shape index (κ3) is 2.82. The van der Waals surface area contributed by atoms with E-state index in [2.05, 4.69) is 19.7 Å². The topological polar surface area (TPSA) is 26.3 Å². The second-order valence-corrected chi connectivity index (χ2v) is 3.81. The molecule has 1 aliphatic heterocycles. The molecule has 1 fully saturated rings. The molecule has 1 aliphatic rings. The Morgan fingerprint density at radius 1 is 1.20 bits per heavy atom. The first kappa shape index (κ1) is 11.8. The summed E-state index contributed by atoms with van der Waals surface area (Å²) < 4.78 is 5.26. The summed E-state index contributed by atoms with van der Waals surface area (Å²) in [5, 5.41) is 0. The van der Waals surface area contributed by atoms with Crippen LogP contribution < -0.4 is 0 Å². The average molecular weight is 206 g/mol. The maximum atomic E-state index is 11.3. The van der Waals surface area contributed by atoms with Crippen LogP contribution in [-0.4, -0.2) is 12.1 Å². The zero-order chi connectivity index (χ0) is 11.3. The lowest BCUT2D eigenvalue weighted by Gasteiger charge is -2.15. The van der Waals surface area contributed by atoms with E-state index in [1.807, 2.05) is 12.2 Å². The number of ether oxygens (including phenoxy) is 1. The van der Waals surface area contributed by atoms with Crippen molar-refractivity contribution < 1.29 is 9.53 Å². The maximum absolute atomic E-state index is 11.3. The Morgan fingerprint density at radius 3 is 2.40 bits per heavy atom. The molecule has 82 valence electrons. The van der Waals surface area contributed by atoms with Crippen molar-refractivity contribution in [2.75, 3.05) is 0 Å². The molecule has 2 heteroatoms. The Bertz CT molecular complexity index is 278. The molecule has 1 saturated heterocycles. The van der Waals surface area contributed by atoms with Gasteiger partial charge in [0.05, 0.1) is 0 Å². The van der Waals surface area contributed by atoms with Crippen LogP contribution >= 0.6 is 0 Å². The molecule has 0 aromatic rings. The van der Waals surface area contributed by atoms with Gasteiger partial charge < -0.3 is 4.74 Å². The molecule has 0 N–H and O–H groups in total. The molecule has 2 nitrogen and oxygen atoms in total. The third-order valence-corrected chi connectivity index (χ3v) is 2.75. The van der Waals surface area contributed by atoms with E-state index >= 15 is 0 Å². The second-order valence-electron chi connectivity index (χ2n) is 3.81. The van der Waals surface area contributed by atoms with Gasteiger partial charge in [0, 0.05) is 11.5 Å². The molecule has 1 heterocycles. The molecule has 0 bridgehead atoms. The minimum atomic E-state index is -0.238. The Hall–Kier alpha value is -1.31. The summed E-state index contributed by atoms with van der Waals surface area (Å²) in [6.45, 7) is 11.1. The van der Waals surface area contributed by atoms with Gasteiger partial charge in [-0.3, -0.25) is 0 Å². The Balaban J connectivity index is 2.59. The van der Waals surface area contributed by atoms with Crippen molar-refractivity contribution in [3.63, 3.8) is 0 Å². The SMILES string of the molecule is C=CCC[C@@H]1OC(=O)C(=C)[C@@H]1CCC=C. The lowest BCUT2D eigenvalue weighted by atomic mass is 9.90. The van der Waals surface area contributed by atoms with E-state index in [4.69, 9.17) is 4.74 Å². The fourth-order valence-electron chi connectivity index (χ4n) is 1.87. The molecule has 0 amide bonds. The minimum absolute atomic E-state index is 0.0112. The van der Waals surface area contributed by atoms with Gasteiger partial charge in [-0.2, -0.15) is 0 Å². The molecule has 2 atom stereocenters. The predicted octanol–water partition coefficient (Wildman–Crippen LogP) is 3.02. The highest BCUT2D eigenvalue weighted by atomic mass is 16.6. The lowest BCUT2D eigenvalue weighted by molar-refractivity contribution is -0.139. The molecule has 15 heavy (non-hydrogen) atoms. The van der Waals surface area contributed by atoms with Gasteiger partial charge in [0.2, 0.25) is 0 Å². The molecule has 0 aliphatic carbocycles. The largest absolute Gasteiger partial charge is 0.458 e. The van der Waals surface area contributed by atoms with E-state index in [9.17, 15) is 4.79 Å². The Kier molecular flexibility index (Phi) is 4.35. The fraction of sp³-hybridized carbons (Fsp3) is 0.462. The van der Waals surface area contributed by atoms with Gasteiger partial charge >= 0.3 is 5.97 Å². The van der Waals surface area contributed by atoms with Crippen LogP contribution in [0.4, 0.5) is 0 Å². The summed E-state index contributed by atoms with van der Waals surface area (Å²) in [5.74, 6) is -0.0754. The number of rotatable bonds is 6. The van der Waals surface area contributed by atoms with Crippen LogP contribution in [0.1, 0.15) is 25.7 Å². The fourth-order valence-corrected chi connectivity index (χ4v) is 1.87. The summed E-state index contributed by atoms with van der Waals surface area (Å²) in [6.07, 6.45) is 7.20. The van der Waals surface area contributed by atoms with Crippen molar-refractivity contribution in [1.82, 2.24) is 0 Å². The van der Waals surface area contributed by atoms with Gasteiger partial charge in [-0.25, -0.2) is 4.79 Å². The quantitative estimate of drug-likeness (QED) is 0.379. The number of carbonyl (C=O) groups is 1. The van der Waals surface area contributed by atoms with Crippen LogP contribution in [0.2, 0.25) is 0 Å². The Morgan fingerprint density at radius 2 is 1.80 bits per heavy atom. The van der Waals surface area contributed by atoms with Gasteiger partial charge in [0.1, 0.15) is 6.10 Å². The van der Waals surface area contributed by atoms with E-state index in [0.717, 1.165) is 25.7 Å². The monoisotopic (exact) mass is 206 g/mol. The summed E-state index contributed by atoms with van der Waals surface area (Å²) in [7, 11) is 0. The Labute approximate surface area is 91.3 Å². The molecule has 0 aromatic heterocycles. The number of cyclic esters (lactones) is 1. The first-order chi connectivity index (χ1) is 7.20. The van der Waals surface area contributed by atoms with E-state index in [1.165, 1.54) is 0 Å². The van der Waals surface area contributed by atoms with Crippen LogP contribution in [0.15, 0.2) is 37.5 Å². The van der Waals surface area contributed by atoms with E-state index in [1.54, 1.807) is 0 Å². The summed E-state index contributed by atoms with van der Waals surface area (Å²) in [6, 6.07) is 0. The van der Waals surface area contributed by atoms with E-state index < -0.39 is 0 Å². The smallest absolute Gasteiger partial charge is 0.334 e. The van der Waals surface area contributed by atoms with Gasteiger partial charge in [0.25, 0.3) is 0 Å². The first-order valence-corrected chi connectivity index (χ1v) is 5.32. The van der Waals surface area contributed by atoms with E-state index in [-0.39, 0.29) is 18.0 Å². The summed E-state index contributed by atoms with van der Waals surface area (Å²) in [5.41, 5.74) is 0.617. The van der Waals surface area contributed by atoms with Crippen LogP contribution in [-0.2, 0) is 9.53 Å². The molecular weight excluding hydrogens is 188 g/mol. The molecular formula is C13H18O2. The molecule has 0 aromatic carbocycles. The van der Waals surface area contributed by atoms with Gasteiger partial charge in [0.15, 0.2) is 0 Å². The normalized spacial score (nSPS) is 25.1. The number of hydrogen-bond donors (Lipinski definition) is 0. The second kappa shape index (κ2) is 5.54. The van der Waals surface area contributed by atoms with Crippen molar-refractivity contribution in [2.45, 2.75) is 31.8 Å². The molecule has 0 saturated carbocycles. The predicted molar refractivity (Wildman–Crippen MR) is 61.4 cm³/mol. The first-order valence-electron chi connectivity index (χ1n) is 5.32. The van der Waals surface area contributed by atoms with Crippen molar-refractivity contribution in [3.8, 4) is 0 Å². The summed E-state index contributed by atoms with van der Waals surface area (Å²) in [4.78, 5) is 11.3. The van der Waals surface area contributed by atoms with Crippen molar-refractivity contribution in [1.29, 1.82) is 0 Å². The number of allylic oxidation sites excluding steroid dienone is 2. The highest BCUT2D eigenvalue weighted by Crippen LogP contribution is 2.33. The third-order valence-electron chi connectivity index (χ3n) is 2.75. The van der Waals surface area contributed by atoms with E-state index in [0.29, 0.717) is 5.57 Å². The van der Waals surface area contributed by atoms with Gasteiger partial charge in [-0.05, 0) is 25.7 Å². The van der Waals surface area contributed by atoms with Gasteiger partial charge in [-0.15, -0.1) is 13.2 Å². The maximum Gasteiger partial charge on any atom is 0.334 e. The van der Waals surface area contributed by atoms with Crippen molar-refractivity contribution in [3.05, 3.63) is 37.5 Å². The number of hydrogen-bond acceptors (Lipinski definition) is 2. The standard InChI is InChI=1S/C13H18O2/c1-4-6-8-11-10(3)13(14)15-12(11)9-7-5-2/h4-5,11-12H,1-3,6-9H2/t11-,12-/m0/s1.